The van der Waals surface area contributed by atoms with Gasteiger partial charge in [0.15, 0.2) is 0 Å². The van der Waals surface area contributed by atoms with Gasteiger partial charge in [-0.1, -0.05) is 36.4 Å². The zero-order valence-corrected chi connectivity index (χ0v) is 11.6. The van der Waals surface area contributed by atoms with Crippen molar-refractivity contribution >= 4 is 43.1 Å². The summed E-state index contributed by atoms with van der Waals surface area (Å²) in [5.41, 5.74) is 1.10. The van der Waals surface area contributed by atoms with Crippen molar-refractivity contribution in [2.75, 3.05) is 0 Å². The van der Waals surface area contributed by atoms with Crippen LogP contribution in [0.25, 0.3) is 43.1 Å². The van der Waals surface area contributed by atoms with Crippen molar-refractivity contribution in [2.24, 2.45) is 0 Å². The molecule has 5 aromatic rings. The normalized spacial score (nSPS) is 12.0. The lowest BCUT2D eigenvalue weighted by molar-refractivity contribution is 1.72. The van der Waals surface area contributed by atoms with Gasteiger partial charge in [-0.3, -0.25) is 0 Å². The molecule has 0 unspecified atom stereocenters. The van der Waals surface area contributed by atoms with Crippen LogP contribution in [0.1, 0.15) is 5.56 Å². The zero-order valence-electron chi connectivity index (χ0n) is 11.6. The highest BCUT2D eigenvalue weighted by Crippen LogP contribution is 2.39. The maximum Gasteiger partial charge on any atom is 0.134 e. The van der Waals surface area contributed by atoms with Gasteiger partial charge in [-0.2, -0.15) is 0 Å². The maximum absolute atomic E-state index is 4.19. The molecule has 0 radical (unpaired) electrons. The molecular weight excluding hydrogens is 252 g/mol. The van der Waals surface area contributed by atoms with Crippen molar-refractivity contribution < 1.29 is 0 Å². The fourth-order valence-electron chi connectivity index (χ4n) is 3.62. The molecule has 21 heavy (non-hydrogen) atoms. The van der Waals surface area contributed by atoms with Gasteiger partial charge in [-0.05, 0) is 33.7 Å². The molecule has 5 aromatic carbocycles. The van der Waals surface area contributed by atoms with Crippen molar-refractivity contribution in [3.63, 3.8) is 0 Å². The molecule has 0 saturated heterocycles. The van der Waals surface area contributed by atoms with Crippen LogP contribution >= 0.6 is 0 Å². The highest BCUT2D eigenvalue weighted by molar-refractivity contribution is 6.29. The summed E-state index contributed by atoms with van der Waals surface area (Å²) in [6.45, 7) is 4.19. The monoisotopic (exact) mass is 265 g/mol. The fourth-order valence-corrected chi connectivity index (χ4v) is 3.62. The minimum Gasteiger partial charge on any atom is -0.0616 e. The maximum atomic E-state index is 4.19. The van der Waals surface area contributed by atoms with Crippen LogP contribution in [0.5, 0.6) is 0 Å². The van der Waals surface area contributed by atoms with Crippen molar-refractivity contribution in [3.05, 3.63) is 79.2 Å². The summed E-state index contributed by atoms with van der Waals surface area (Å²) in [5.74, 6) is 0. The van der Waals surface area contributed by atoms with E-state index in [1.807, 2.05) is 0 Å². The molecule has 0 N–H and O–H groups in total. The van der Waals surface area contributed by atoms with Gasteiger partial charge < -0.3 is 0 Å². The Hall–Kier alpha value is -2.73. The Morgan fingerprint density at radius 3 is 2.19 bits per heavy atom. The largest absolute Gasteiger partial charge is 0.134 e. The Kier molecular flexibility index (Phi) is 1.92. The number of benzene rings is 5. The molecule has 0 bridgehead atoms. The van der Waals surface area contributed by atoms with Crippen LogP contribution < -0.4 is 0 Å². The second kappa shape index (κ2) is 3.67. The predicted molar refractivity (Wildman–Crippen MR) is 92.1 cm³/mol. The molecule has 0 amide bonds. The Morgan fingerprint density at radius 2 is 1.24 bits per heavy atom. The SMILES string of the molecule is [CH2+]c1ccc2ccc3c4ccccc4cc4ccc1c2c43. The lowest BCUT2D eigenvalue weighted by Crippen LogP contribution is -1.87. The minimum atomic E-state index is 1.10. The van der Waals surface area contributed by atoms with Gasteiger partial charge in [0.2, 0.25) is 0 Å². The molecule has 0 nitrogen and oxygen atoms in total. The molecule has 0 heterocycles. The van der Waals surface area contributed by atoms with Crippen molar-refractivity contribution in [2.45, 2.75) is 0 Å². The van der Waals surface area contributed by atoms with Crippen molar-refractivity contribution in [1.82, 2.24) is 0 Å². The fraction of sp³-hybridized carbons (Fsp3) is 0. The van der Waals surface area contributed by atoms with Gasteiger partial charge in [0.1, 0.15) is 5.56 Å². The van der Waals surface area contributed by atoms with Crippen LogP contribution in [-0.2, 0) is 0 Å². The molecule has 5 rings (SSSR count). The van der Waals surface area contributed by atoms with E-state index in [0.29, 0.717) is 0 Å². The first-order valence-corrected chi connectivity index (χ1v) is 7.24. The third-order valence-electron chi connectivity index (χ3n) is 4.60. The number of hydrogen-bond donors (Lipinski definition) is 0. The minimum absolute atomic E-state index is 1.10. The first kappa shape index (κ1) is 11.0. The van der Waals surface area contributed by atoms with Gasteiger partial charge in [0.25, 0.3) is 0 Å². The summed E-state index contributed by atoms with van der Waals surface area (Å²) in [7, 11) is 0. The summed E-state index contributed by atoms with van der Waals surface area (Å²) in [6.07, 6.45) is 0. The molecule has 96 valence electrons. The van der Waals surface area contributed by atoms with Crippen LogP contribution in [0.4, 0.5) is 0 Å². The molecule has 0 heteroatoms. The second-order valence-electron chi connectivity index (χ2n) is 5.74. The van der Waals surface area contributed by atoms with Crippen molar-refractivity contribution in [3.8, 4) is 0 Å². The van der Waals surface area contributed by atoms with Gasteiger partial charge in [0.05, 0.1) is 10.8 Å². The summed E-state index contributed by atoms with van der Waals surface area (Å²) in [4.78, 5) is 0. The van der Waals surface area contributed by atoms with E-state index in [9.17, 15) is 0 Å². The van der Waals surface area contributed by atoms with Crippen LogP contribution in [0.15, 0.2) is 66.7 Å². The summed E-state index contributed by atoms with van der Waals surface area (Å²) < 4.78 is 0. The average Bonchev–Trinajstić information content (AvgIpc) is 2.53. The molecule has 0 atom stereocenters. The predicted octanol–water partition coefficient (Wildman–Crippen LogP) is 5.92. The highest BCUT2D eigenvalue weighted by Gasteiger charge is 2.15. The molecule has 0 spiro atoms. The molecule has 0 aliphatic heterocycles. The molecule has 0 aliphatic rings. The Labute approximate surface area is 123 Å². The summed E-state index contributed by atoms with van der Waals surface area (Å²) in [5, 5.41) is 10.6. The highest BCUT2D eigenvalue weighted by atomic mass is 14.1. The number of fused-ring (bicyclic) bond motifs is 2. The first-order chi connectivity index (χ1) is 10.3. The van der Waals surface area contributed by atoms with E-state index in [4.69, 9.17) is 0 Å². The van der Waals surface area contributed by atoms with E-state index < -0.39 is 0 Å². The Bertz CT molecular complexity index is 1130. The van der Waals surface area contributed by atoms with Gasteiger partial charge in [0, 0.05) is 35.9 Å². The summed E-state index contributed by atoms with van der Waals surface area (Å²) in [6, 6.07) is 24.1. The first-order valence-electron chi connectivity index (χ1n) is 7.24. The van der Waals surface area contributed by atoms with E-state index in [0.717, 1.165) is 5.56 Å². The quantitative estimate of drug-likeness (QED) is 0.185. The average molecular weight is 265 g/mol. The van der Waals surface area contributed by atoms with Crippen molar-refractivity contribution in [1.29, 1.82) is 0 Å². The second-order valence-corrected chi connectivity index (χ2v) is 5.74. The standard InChI is InChI=1S/C21H13/c1-13-6-7-14-8-11-19-18-5-3-2-4-15(18)12-16-9-10-17(13)20(14)21(16)19/h2-12H,1H2/q+1. The van der Waals surface area contributed by atoms with E-state index in [1.54, 1.807) is 0 Å². The third-order valence-corrected chi connectivity index (χ3v) is 4.60. The van der Waals surface area contributed by atoms with E-state index in [-0.39, 0.29) is 0 Å². The van der Waals surface area contributed by atoms with Crippen LogP contribution in [-0.4, -0.2) is 0 Å². The molecule has 0 fully saturated rings. The molecule has 0 aromatic heterocycles. The molecule has 0 saturated carbocycles. The third kappa shape index (κ3) is 1.32. The van der Waals surface area contributed by atoms with Gasteiger partial charge >= 0.3 is 0 Å². The summed E-state index contributed by atoms with van der Waals surface area (Å²) >= 11 is 0. The lowest BCUT2D eigenvalue weighted by Gasteiger charge is -2.11. The number of hydrogen-bond acceptors (Lipinski definition) is 0. The van der Waals surface area contributed by atoms with E-state index in [1.165, 1.54) is 43.1 Å². The molecule has 0 aliphatic carbocycles. The van der Waals surface area contributed by atoms with E-state index >= 15 is 0 Å². The Morgan fingerprint density at radius 1 is 0.524 bits per heavy atom. The zero-order chi connectivity index (χ0) is 14.0. The topological polar surface area (TPSA) is 0 Å². The van der Waals surface area contributed by atoms with E-state index in [2.05, 4.69) is 73.7 Å². The van der Waals surface area contributed by atoms with Gasteiger partial charge in [-0.15, -0.1) is 0 Å². The van der Waals surface area contributed by atoms with Crippen LogP contribution in [0.2, 0.25) is 0 Å². The number of rotatable bonds is 0. The van der Waals surface area contributed by atoms with Crippen LogP contribution in [0, 0.1) is 6.92 Å². The Balaban J connectivity index is 2.21. The van der Waals surface area contributed by atoms with Gasteiger partial charge in [-0.25, -0.2) is 0 Å². The van der Waals surface area contributed by atoms with Crippen LogP contribution in [0.3, 0.4) is 0 Å². The lowest BCUT2D eigenvalue weighted by atomic mass is 9.90. The molecular formula is C21H13+. The smallest absolute Gasteiger partial charge is 0.0616 e.